The third-order valence-electron chi connectivity index (χ3n) is 3.61. The average Bonchev–Trinajstić information content (AvgIpc) is 3.17. The fourth-order valence-electron chi connectivity index (χ4n) is 2.18. The normalized spacial score (nSPS) is 13.1. The maximum atomic E-state index is 5.18. The van der Waals surface area contributed by atoms with Crippen molar-refractivity contribution in [3.8, 4) is 0 Å². The molecular formula is C16H26N6OS. The molecule has 0 aliphatic carbocycles. The number of nitrogens with zero attached hydrogens (tertiary/aromatic N) is 4. The molecular weight excluding hydrogens is 324 g/mol. The number of aromatic nitrogens is 3. The number of hydrogen-bond donors (Lipinski definition) is 2. The van der Waals surface area contributed by atoms with Crippen LogP contribution in [-0.4, -0.2) is 47.0 Å². The highest BCUT2D eigenvalue weighted by molar-refractivity contribution is 7.09. The molecule has 24 heavy (non-hydrogen) atoms. The number of aliphatic imine (C=N–C) groups is 1. The van der Waals surface area contributed by atoms with E-state index < -0.39 is 0 Å². The molecule has 132 valence electrons. The summed E-state index contributed by atoms with van der Waals surface area (Å²) in [5, 5.41) is 17.0. The minimum Gasteiger partial charge on any atom is -0.383 e. The molecule has 2 N–H and O–H groups in total. The molecule has 0 amide bonds. The summed E-state index contributed by atoms with van der Waals surface area (Å²) in [6.45, 7) is 5.91. The predicted octanol–water partition coefficient (Wildman–Crippen LogP) is 1.50. The molecule has 2 rings (SSSR count). The fraction of sp³-hybridized carbons (Fsp3) is 0.562. The highest BCUT2D eigenvalue weighted by Crippen LogP contribution is 2.08. The molecule has 0 aromatic carbocycles. The summed E-state index contributed by atoms with van der Waals surface area (Å²) in [7, 11) is 3.65. The number of ether oxygens (including phenoxy) is 1. The first-order chi connectivity index (χ1) is 11.6. The molecule has 0 saturated heterocycles. The molecule has 1 unspecified atom stereocenters. The van der Waals surface area contributed by atoms with Gasteiger partial charge in [0.25, 0.3) is 0 Å². The first kappa shape index (κ1) is 18.4. The van der Waals surface area contributed by atoms with E-state index in [0.29, 0.717) is 13.2 Å². The van der Waals surface area contributed by atoms with Gasteiger partial charge in [0, 0.05) is 31.6 Å². The van der Waals surface area contributed by atoms with Crippen molar-refractivity contribution in [2.45, 2.75) is 32.9 Å². The Balaban J connectivity index is 1.95. The van der Waals surface area contributed by atoms with E-state index in [4.69, 9.17) is 4.74 Å². The monoisotopic (exact) mass is 350 g/mol. The van der Waals surface area contributed by atoms with E-state index >= 15 is 0 Å². The molecule has 0 aliphatic heterocycles. The molecule has 2 aromatic rings. The number of thiophene rings is 1. The van der Waals surface area contributed by atoms with Crippen LogP contribution in [0.25, 0.3) is 0 Å². The molecule has 0 bridgehead atoms. The number of guanidine groups is 1. The van der Waals surface area contributed by atoms with E-state index in [1.807, 2.05) is 18.5 Å². The van der Waals surface area contributed by atoms with Crippen LogP contribution < -0.4 is 10.6 Å². The number of nitrogens with one attached hydrogen (secondary N) is 2. The summed E-state index contributed by atoms with van der Waals surface area (Å²) in [5.41, 5.74) is 0. The van der Waals surface area contributed by atoms with Crippen molar-refractivity contribution in [1.29, 1.82) is 0 Å². The number of aryl methyl sites for hydroxylation is 1. The van der Waals surface area contributed by atoms with Gasteiger partial charge in [0.05, 0.1) is 6.61 Å². The van der Waals surface area contributed by atoms with E-state index in [1.165, 1.54) is 4.88 Å². The molecule has 0 aliphatic rings. The minimum absolute atomic E-state index is 0.171. The topological polar surface area (TPSA) is 76.4 Å². The van der Waals surface area contributed by atoms with Crippen molar-refractivity contribution >= 4 is 17.3 Å². The molecule has 1 atom stereocenters. The molecule has 0 spiro atoms. The van der Waals surface area contributed by atoms with Gasteiger partial charge in [-0.25, -0.2) is 4.99 Å². The lowest BCUT2D eigenvalue weighted by atomic mass is 10.3. The second-order valence-corrected chi connectivity index (χ2v) is 6.68. The van der Waals surface area contributed by atoms with Gasteiger partial charge in [-0.15, -0.1) is 21.5 Å². The first-order valence-corrected chi connectivity index (χ1v) is 8.89. The highest BCUT2D eigenvalue weighted by Gasteiger charge is 2.08. The number of hydrogen-bond acceptors (Lipinski definition) is 5. The lowest BCUT2D eigenvalue weighted by molar-refractivity contribution is 0.179. The van der Waals surface area contributed by atoms with Gasteiger partial charge >= 0.3 is 0 Å². The Kier molecular flexibility index (Phi) is 7.20. The van der Waals surface area contributed by atoms with Crippen molar-refractivity contribution in [1.82, 2.24) is 25.4 Å². The van der Waals surface area contributed by atoms with Crippen LogP contribution in [0.2, 0.25) is 0 Å². The van der Waals surface area contributed by atoms with Crippen molar-refractivity contribution in [2.24, 2.45) is 12.0 Å². The second kappa shape index (κ2) is 9.39. The van der Waals surface area contributed by atoms with Gasteiger partial charge in [-0.3, -0.25) is 0 Å². The summed E-state index contributed by atoms with van der Waals surface area (Å²) in [4.78, 5) is 5.99. The lowest BCUT2D eigenvalue weighted by Crippen LogP contribution is -2.44. The Hall–Kier alpha value is -1.93. The third kappa shape index (κ3) is 5.61. The zero-order chi connectivity index (χ0) is 17.4. The zero-order valence-electron chi connectivity index (χ0n) is 14.7. The Morgan fingerprint density at radius 2 is 2.29 bits per heavy atom. The summed E-state index contributed by atoms with van der Waals surface area (Å²) in [5.74, 6) is 2.48. The molecule has 8 heteroatoms. The van der Waals surface area contributed by atoms with E-state index in [-0.39, 0.29) is 6.04 Å². The van der Waals surface area contributed by atoms with Crippen LogP contribution in [0.15, 0.2) is 22.5 Å². The van der Waals surface area contributed by atoms with Crippen LogP contribution in [0.5, 0.6) is 0 Å². The van der Waals surface area contributed by atoms with Gasteiger partial charge in [-0.05, 0) is 31.7 Å². The van der Waals surface area contributed by atoms with Crippen molar-refractivity contribution in [3.05, 3.63) is 34.0 Å². The zero-order valence-corrected chi connectivity index (χ0v) is 15.6. The summed E-state index contributed by atoms with van der Waals surface area (Å²) in [6, 6.07) is 4.39. The SMILES string of the molecule is COCC(C)NC(=NCc1nnc(C)n1C)NCCc1cccs1. The quantitative estimate of drug-likeness (QED) is 0.557. The lowest BCUT2D eigenvalue weighted by Gasteiger charge is -2.17. The Bertz CT molecular complexity index is 637. The Morgan fingerprint density at radius 1 is 1.46 bits per heavy atom. The van der Waals surface area contributed by atoms with Crippen molar-refractivity contribution < 1.29 is 4.74 Å². The van der Waals surface area contributed by atoms with Crippen molar-refractivity contribution in [3.63, 3.8) is 0 Å². The Morgan fingerprint density at radius 3 is 2.92 bits per heavy atom. The standard InChI is InChI=1S/C16H26N6OS/c1-12(11-23-4)19-16(17-8-7-14-6-5-9-24-14)18-10-15-21-20-13(2)22(15)3/h5-6,9,12H,7-8,10-11H2,1-4H3,(H2,17,18,19). The number of methoxy groups -OCH3 is 1. The largest absolute Gasteiger partial charge is 0.383 e. The summed E-state index contributed by atoms with van der Waals surface area (Å²) >= 11 is 1.77. The average molecular weight is 350 g/mol. The van der Waals surface area contributed by atoms with Gasteiger partial charge < -0.3 is 19.9 Å². The maximum absolute atomic E-state index is 5.18. The van der Waals surface area contributed by atoms with Gasteiger partial charge in [0.2, 0.25) is 0 Å². The van der Waals surface area contributed by atoms with Crippen molar-refractivity contribution in [2.75, 3.05) is 20.3 Å². The fourth-order valence-corrected chi connectivity index (χ4v) is 2.88. The highest BCUT2D eigenvalue weighted by atomic mass is 32.1. The van der Waals surface area contributed by atoms with Crippen LogP contribution in [0.3, 0.4) is 0 Å². The molecule has 0 radical (unpaired) electrons. The van der Waals surface area contributed by atoms with Crippen LogP contribution in [0.1, 0.15) is 23.4 Å². The maximum Gasteiger partial charge on any atom is 0.192 e. The third-order valence-corrected chi connectivity index (χ3v) is 4.54. The summed E-state index contributed by atoms with van der Waals surface area (Å²) in [6.07, 6.45) is 0.972. The van der Waals surface area contributed by atoms with Gasteiger partial charge in [-0.1, -0.05) is 6.07 Å². The minimum atomic E-state index is 0.171. The van der Waals surface area contributed by atoms with E-state index in [0.717, 1.165) is 30.6 Å². The van der Waals surface area contributed by atoms with Gasteiger partial charge in [-0.2, -0.15) is 0 Å². The van der Waals surface area contributed by atoms with Crippen LogP contribution >= 0.6 is 11.3 Å². The molecule has 2 aromatic heterocycles. The van der Waals surface area contributed by atoms with E-state index in [9.17, 15) is 0 Å². The predicted molar refractivity (Wildman–Crippen MR) is 97.4 cm³/mol. The smallest absolute Gasteiger partial charge is 0.192 e. The summed E-state index contributed by atoms with van der Waals surface area (Å²) < 4.78 is 7.13. The molecule has 2 heterocycles. The molecule has 7 nitrogen and oxygen atoms in total. The van der Waals surface area contributed by atoms with Crippen LogP contribution in [-0.2, 0) is 24.8 Å². The first-order valence-electron chi connectivity index (χ1n) is 8.01. The number of rotatable bonds is 8. The van der Waals surface area contributed by atoms with E-state index in [1.54, 1.807) is 18.4 Å². The molecule has 0 fully saturated rings. The second-order valence-electron chi connectivity index (χ2n) is 5.64. The van der Waals surface area contributed by atoms with Gasteiger partial charge in [0.15, 0.2) is 11.8 Å². The Labute approximate surface area is 147 Å². The van der Waals surface area contributed by atoms with Crippen LogP contribution in [0, 0.1) is 6.92 Å². The molecule has 0 saturated carbocycles. The van der Waals surface area contributed by atoms with E-state index in [2.05, 4.69) is 50.3 Å². The van der Waals surface area contributed by atoms with Crippen LogP contribution in [0.4, 0.5) is 0 Å². The van der Waals surface area contributed by atoms with Gasteiger partial charge in [0.1, 0.15) is 12.4 Å².